The molecule has 0 fully saturated rings. The van der Waals surface area contributed by atoms with E-state index in [-0.39, 0.29) is 31.6 Å². The number of hydrogen-bond donors (Lipinski definition) is 0. The number of fused-ring (bicyclic) bond motifs is 2. The summed E-state index contributed by atoms with van der Waals surface area (Å²) in [5, 5.41) is 0. The van der Waals surface area contributed by atoms with E-state index in [1.54, 1.807) is 0 Å². The van der Waals surface area contributed by atoms with Gasteiger partial charge >= 0.3 is 0 Å². The molecule has 7 heteroatoms. The molecule has 7 nitrogen and oxygen atoms in total. The van der Waals surface area contributed by atoms with Crippen LogP contribution in [0.2, 0.25) is 0 Å². The van der Waals surface area contributed by atoms with E-state index in [0.717, 1.165) is 58.0 Å². The molecular weight excluding hydrogens is 506 g/mol. The van der Waals surface area contributed by atoms with Crippen LogP contribution in [0.1, 0.15) is 72.6 Å². The van der Waals surface area contributed by atoms with Crippen LogP contribution in [0, 0.1) is 5.92 Å². The number of carbonyl (C=O) groups excluding carboxylic acids is 1. The topological polar surface area (TPSA) is 66.5 Å². The van der Waals surface area contributed by atoms with Gasteiger partial charge in [-0.1, -0.05) is 77.6 Å². The molecule has 0 saturated carbocycles. The van der Waals surface area contributed by atoms with Crippen molar-refractivity contribution in [2.75, 3.05) is 46.1 Å². The number of carbonyl (C=O) groups is 1. The zero-order chi connectivity index (χ0) is 28.6. The number of rotatable bonds is 12. The summed E-state index contributed by atoms with van der Waals surface area (Å²) in [6.45, 7) is 11.4. The van der Waals surface area contributed by atoms with Crippen LogP contribution in [-0.4, -0.2) is 62.5 Å². The van der Waals surface area contributed by atoms with E-state index in [0.29, 0.717) is 36.2 Å². The van der Waals surface area contributed by atoms with Crippen molar-refractivity contribution in [3.05, 3.63) is 48.5 Å². The van der Waals surface area contributed by atoms with Gasteiger partial charge in [0.2, 0.25) is 5.91 Å². The molecule has 0 aliphatic carbocycles. The highest BCUT2D eigenvalue weighted by molar-refractivity contribution is 5.77. The van der Waals surface area contributed by atoms with Crippen molar-refractivity contribution < 1.29 is 28.5 Å². The molecule has 2 aromatic carbocycles. The predicted molar refractivity (Wildman–Crippen MR) is 159 cm³/mol. The lowest BCUT2D eigenvalue weighted by Crippen LogP contribution is -2.51. The Bertz CT molecular complexity index is 946. The van der Waals surface area contributed by atoms with Gasteiger partial charge in [-0.25, -0.2) is 0 Å². The molecule has 0 bridgehead atoms. The van der Waals surface area contributed by atoms with Crippen LogP contribution in [0.5, 0.6) is 23.0 Å². The van der Waals surface area contributed by atoms with Crippen molar-refractivity contribution in [1.29, 1.82) is 0 Å². The summed E-state index contributed by atoms with van der Waals surface area (Å²) in [6.07, 6.45) is 7.19. The number of hydrogen-bond acceptors (Lipinski definition) is 6. The standard InChI is InChI=1S/C33H49NO6/c1-5-7-13-20-34(21-14-8-6-2)32(35)24-40-33(27(3)4)25-38-30-18-11-9-16-28(30)36-22-15-23-37-29-17-10-12-19-31(29)39-26-33/h9-12,16-19,27H,5-8,13-15,20-26H2,1-4H3. The Balaban J connectivity index is 1.84. The fourth-order valence-corrected chi connectivity index (χ4v) is 4.59. The summed E-state index contributed by atoms with van der Waals surface area (Å²) in [5.41, 5.74) is -0.890. The minimum Gasteiger partial charge on any atom is -0.490 e. The maximum absolute atomic E-state index is 13.5. The maximum atomic E-state index is 13.5. The van der Waals surface area contributed by atoms with Gasteiger partial charge in [0.15, 0.2) is 23.0 Å². The highest BCUT2D eigenvalue weighted by Gasteiger charge is 2.39. The first kappa shape index (κ1) is 31.6. The normalized spacial score (nSPS) is 15.3. The number of benzene rings is 2. The van der Waals surface area contributed by atoms with Crippen LogP contribution in [0.3, 0.4) is 0 Å². The van der Waals surface area contributed by atoms with E-state index >= 15 is 0 Å². The van der Waals surface area contributed by atoms with Gasteiger partial charge in [0.1, 0.15) is 25.4 Å². The number of amides is 1. The first-order valence-corrected chi connectivity index (χ1v) is 15.1. The summed E-state index contributed by atoms with van der Waals surface area (Å²) < 4.78 is 31.3. The SMILES string of the molecule is CCCCCN(CCCCC)C(=O)COC1(C(C)C)COc2ccccc2OCCCOc2ccccc2OC1. The smallest absolute Gasteiger partial charge is 0.248 e. The van der Waals surface area contributed by atoms with Gasteiger partial charge in [-0.2, -0.15) is 0 Å². The molecular formula is C33H49NO6. The molecule has 0 saturated heterocycles. The second-order valence-corrected chi connectivity index (χ2v) is 10.8. The van der Waals surface area contributed by atoms with E-state index < -0.39 is 5.60 Å². The van der Waals surface area contributed by atoms with Crippen molar-refractivity contribution in [2.45, 2.75) is 78.2 Å². The van der Waals surface area contributed by atoms with Crippen molar-refractivity contribution in [2.24, 2.45) is 5.92 Å². The van der Waals surface area contributed by atoms with Crippen molar-refractivity contribution >= 4 is 5.91 Å². The summed E-state index contributed by atoms with van der Waals surface area (Å²) in [4.78, 5) is 15.4. The van der Waals surface area contributed by atoms with Gasteiger partial charge in [-0.15, -0.1) is 0 Å². The molecule has 2 aromatic rings. The van der Waals surface area contributed by atoms with Crippen LogP contribution in [0.4, 0.5) is 0 Å². The molecule has 222 valence electrons. The molecule has 0 aromatic heterocycles. The van der Waals surface area contributed by atoms with Crippen molar-refractivity contribution in [1.82, 2.24) is 4.90 Å². The molecule has 1 aliphatic heterocycles. The van der Waals surface area contributed by atoms with Crippen LogP contribution < -0.4 is 18.9 Å². The first-order valence-electron chi connectivity index (χ1n) is 15.1. The number of nitrogens with zero attached hydrogens (tertiary/aromatic N) is 1. The molecule has 0 unspecified atom stereocenters. The maximum Gasteiger partial charge on any atom is 0.248 e. The quantitative estimate of drug-likeness (QED) is 0.265. The number of unbranched alkanes of at least 4 members (excludes halogenated alkanes) is 4. The third-order valence-corrected chi connectivity index (χ3v) is 7.40. The molecule has 0 spiro atoms. The summed E-state index contributed by atoms with van der Waals surface area (Å²) in [5.74, 6) is 2.63. The highest BCUT2D eigenvalue weighted by Crippen LogP contribution is 2.33. The van der Waals surface area contributed by atoms with E-state index in [4.69, 9.17) is 23.7 Å². The lowest BCUT2D eigenvalue weighted by Gasteiger charge is -2.37. The second-order valence-electron chi connectivity index (χ2n) is 10.8. The van der Waals surface area contributed by atoms with Crippen LogP contribution in [0.15, 0.2) is 48.5 Å². The third kappa shape index (κ3) is 9.61. The average Bonchev–Trinajstić information content (AvgIpc) is 2.96. The second kappa shape index (κ2) is 17.0. The Morgan fingerprint density at radius 2 is 1.23 bits per heavy atom. The van der Waals surface area contributed by atoms with Crippen molar-refractivity contribution in [3.63, 3.8) is 0 Å². The van der Waals surface area contributed by atoms with Crippen molar-refractivity contribution in [3.8, 4) is 23.0 Å². The summed E-state index contributed by atoms with van der Waals surface area (Å²) >= 11 is 0. The van der Waals surface area contributed by atoms with Crippen LogP contribution in [-0.2, 0) is 9.53 Å². The molecule has 3 rings (SSSR count). The Morgan fingerprint density at radius 3 is 1.65 bits per heavy atom. The zero-order valence-electron chi connectivity index (χ0n) is 25.0. The van der Waals surface area contributed by atoms with Crippen LogP contribution in [0.25, 0.3) is 0 Å². The van der Waals surface area contributed by atoms with Gasteiger partial charge in [0.05, 0.1) is 13.2 Å². The Labute approximate surface area is 241 Å². The van der Waals surface area contributed by atoms with Crippen LogP contribution >= 0.6 is 0 Å². The van der Waals surface area contributed by atoms with E-state index in [9.17, 15) is 4.79 Å². The minimum atomic E-state index is -0.890. The Morgan fingerprint density at radius 1 is 0.775 bits per heavy atom. The first-order chi connectivity index (χ1) is 19.5. The molecule has 0 N–H and O–H groups in total. The fourth-order valence-electron chi connectivity index (χ4n) is 4.59. The zero-order valence-corrected chi connectivity index (χ0v) is 25.0. The number of para-hydroxylation sites is 4. The lowest BCUT2D eigenvalue weighted by atomic mass is 9.91. The molecule has 1 amide bonds. The van der Waals surface area contributed by atoms with Gasteiger partial charge in [0.25, 0.3) is 0 Å². The molecule has 0 radical (unpaired) electrons. The monoisotopic (exact) mass is 555 g/mol. The molecule has 0 atom stereocenters. The molecule has 1 aliphatic rings. The minimum absolute atomic E-state index is 0.0111. The van der Waals surface area contributed by atoms with E-state index in [2.05, 4.69) is 27.7 Å². The van der Waals surface area contributed by atoms with Gasteiger partial charge in [0, 0.05) is 19.5 Å². The largest absolute Gasteiger partial charge is 0.490 e. The fraction of sp³-hybridized carbons (Fsp3) is 0.606. The average molecular weight is 556 g/mol. The van der Waals surface area contributed by atoms with E-state index in [1.807, 2.05) is 53.4 Å². The van der Waals surface area contributed by atoms with Gasteiger partial charge < -0.3 is 28.6 Å². The highest BCUT2D eigenvalue weighted by atomic mass is 16.6. The van der Waals surface area contributed by atoms with E-state index in [1.165, 1.54) is 0 Å². The Kier molecular flexibility index (Phi) is 13.4. The summed E-state index contributed by atoms with van der Waals surface area (Å²) in [6, 6.07) is 15.3. The Hall–Kier alpha value is -2.93. The molecule has 1 heterocycles. The van der Waals surface area contributed by atoms with Gasteiger partial charge in [-0.3, -0.25) is 4.79 Å². The third-order valence-electron chi connectivity index (χ3n) is 7.40. The molecule has 40 heavy (non-hydrogen) atoms. The predicted octanol–water partition coefficient (Wildman–Crippen LogP) is 6.93. The number of ether oxygens (including phenoxy) is 5. The summed E-state index contributed by atoms with van der Waals surface area (Å²) in [7, 11) is 0. The van der Waals surface area contributed by atoms with Gasteiger partial charge in [-0.05, 0) is 43.0 Å². The lowest BCUT2D eigenvalue weighted by molar-refractivity contribution is -0.157.